The summed E-state index contributed by atoms with van der Waals surface area (Å²) in [6, 6.07) is 75.0. The van der Waals surface area contributed by atoms with Crippen molar-refractivity contribution >= 4 is 43.6 Å². The summed E-state index contributed by atoms with van der Waals surface area (Å²) >= 11 is 0. The van der Waals surface area contributed by atoms with Crippen LogP contribution in [-0.4, -0.2) is 9.13 Å². The van der Waals surface area contributed by atoms with Crippen LogP contribution < -0.4 is 4.74 Å². The Morgan fingerprint density at radius 1 is 0.345 bits per heavy atom. The molecule has 0 spiro atoms. The molecule has 3 heterocycles. The minimum Gasteiger partial charge on any atom is -0.488 e. The number of aromatic nitrogens is 2. The summed E-state index contributed by atoms with van der Waals surface area (Å²) in [6.45, 7) is 0.562. The van der Waals surface area contributed by atoms with E-state index in [1.54, 1.807) is 0 Å². The lowest BCUT2D eigenvalue weighted by molar-refractivity contribution is 0.302. The van der Waals surface area contributed by atoms with E-state index in [0.29, 0.717) is 6.61 Å². The van der Waals surface area contributed by atoms with Gasteiger partial charge < -0.3 is 13.9 Å². The van der Waals surface area contributed by atoms with Crippen LogP contribution in [-0.2, 0) is 6.61 Å². The largest absolute Gasteiger partial charge is 0.488 e. The zero-order valence-electron chi connectivity index (χ0n) is 31.6. The summed E-state index contributed by atoms with van der Waals surface area (Å²) in [5.41, 5.74) is 17.9. The third-order valence-electron chi connectivity index (χ3n) is 12.0. The van der Waals surface area contributed by atoms with E-state index in [2.05, 4.69) is 215 Å². The van der Waals surface area contributed by atoms with Gasteiger partial charge in [-0.2, -0.15) is 0 Å². The van der Waals surface area contributed by atoms with Crippen molar-refractivity contribution in [1.82, 2.24) is 9.13 Å². The highest BCUT2D eigenvalue weighted by Crippen LogP contribution is 2.44. The molecule has 2 aromatic heterocycles. The van der Waals surface area contributed by atoms with Crippen molar-refractivity contribution < 1.29 is 4.74 Å². The van der Waals surface area contributed by atoms with E-state index in [-0.39, 0.29) is 0 Å². The summed E-state index contributed by atoms with van der Waals surface area (Å²) in [4.78, 5) is 0. The molecule has 11 aromatic rings. The zero-order valence-corrected chi connectivity index (χ0v) is 31.6. The van der Waals surface area contributed by atoms with Gasteiger partial charge >= 0.3 is 0 Å². The van der Waals surface area contributed by atoms with Crippen molar-refractivity contribution in [3.63, 3.8) is 0 Å². The first-order chi connectivity index (χ1) is 28.8. The lowest BCUT2D eigenvalue weighted by atomic mass is 9.95. The second kappa shape index (κ2) is 13.0. The normalized spacial score (nSPS) is 12.2. The molecule has 0 saturated heterocycles. The minimum absolute atomic E-state index is 0.562. The Labute approximate surface area is 336 Å². The maximum Gasteiger partial charge on any atom is 0.127 e. The summed E-state index contributed by atoms with van der Waals surface area (Å²) in [7, 11) is 0. The highest BCUT2D eigenvalue weighted by Gasteiger charge is 2.23. The third kappa shape index (κ3) is 5.07. The minimum atomic E-state index is 0.562. The molecule has 0 N–H and O–H groups in total. The Morgan fingerprint density at radius 2 is 0.914 bits per heavy atom. The lowest BCUT2D eigenvalue weighted by Gasteiger charge is -2.24. The third-order valence-corrected chi connectivity index (χ3v) is 12.0. The van der Waals surface area contributed by atoms with E-state index in [1.807, 2.05) is 0 Å². The van der Waals surface area contributed by atoms with Gasteiger partial charge in [0.05, 0.1) is 27.8 Å². The molecule has 0 amide bonds. The molecule has 0 bridgehead atoms. The number of hydrogen-bond acceptors (Lipinski definition) is 1. The van der Waals surface area contributed by atoms with Gasteiger partial charge in [0.2, 0.25) is 0 Å². The van der Waals surface area contributed by atoms with Gasteiger partial charge in [0, 0.05) is 38.4 Å². The quantitative estimate of drug-likeness (QED) is 0.172. The fraction of sp³-hybridized carbons (Fsp3) is 0.0182. The monoisotopic (exact) mass is 740 g/mol. The molecule has 0 fully saturated rings. The van der Waals surface area contributed by atoms with Gasteiger partial charge in [-0.25, -0.2) is 0 Å². The molecular formula is C55H36N2O. The van der Waals surface area contributed by atoms with E-state index >= 15 is 0 Å². The van der Waals surface area contributed by atoms with Crippen LogP contribution in [0.25, 0.3) is 99.5 Å². The average Bonchev–Trinajstić information content (AvgIpc) is 3.81. The van der Waals surface area contributed by atoms with Gasteiger partial charge in [0.1, 0.15) is 12.4 Å². The van der Waals surface area contributed by atoms with Crippen LogP contribution in [0.5, 0.6) is 5.75 Å². The molecule has 0 saturated carbocycles. The van der Waals surface area contributed by atoms with E-state index in [1.165, 1.54) is 93.8 Å². The van der Waals surface area contributed by atoms with Gasteiger partial charge in [0.25, 0.3) is 0 Å². The standard InChI is InChI=1S/C55H36N2O/c1-3-13-36(14-4-1)37-15-11-16-38(31-37)39-26-29-50-48(32-39)45-28-25-41(34-53(45)56(50)43-18-5-2-6-19-43)40-27-30-51-47(33-40)44-20-7-9-22-49(44)57(51)52-23-12-17-42-35-58-54-24-10-8-21-46(54)55(42)52/h1-34H,35H2. The predicted molar refractivity (Wildman–Crippen MR) is 241 cm³/mol. The summed E-state index contributed by atoms with van der Waals surface area (Å²) in [5.74, 6) is 0.933. The molecule has 0 radical (unpaired) electrons. The second-order valence-electron chi connectivity index (χ2n) is 15.3. The predicted octanol–water partition coefficient (Wildman–Crippen LogP) is 14.4. The van der Waals surface area contributed by atoms with E-state index in [4.69, 9.17) is 4.74 Å². The van der Waals surface area contributed by atoms with Gasteiger partial charge in [-0.05, 0) is 106 Å². The molecular weight excluding hydrogens is 705 g/mol. The Kier molecular flexibility index (Phi) is 7.29. The first-order valence-electron chi connectivity index (χ1n) is 19.9. The number of para-hydroxylation sites is 3. The molecule has 0 atom stereocenters. The molecule has 272 valence electrons. The first kappa shape index (κ1) is 32.6. The molecule has 0 unspecified atom stereocenters. The number of ether oxygens (including phenoxy) is 1. The van der Waals surface area contributed by atoms with Crippen LogP contribution in [0.4, 0.5) is 0 Å². The van der Waals surface area contributed by atoms with Gasteiger partial charge in [-0.15, -0.1) is 0 Å². The molecule has 12 rings (SSSR count). The van der Waals surface area contributed by atoms with Crippen molar-refractivity contribution in [3.8, 4) is 61.6 Å². The highest BCUT2D eigenvalue weighted by atomic mass is 16.5. The van der Waals surface area contributed by atoms with Gasteiger partial charge in [0.15, 0.2) is 0 Å². The smallest absolute Gasteiger partial charge is 0.127 e. The number of fused-ring (bicyclic) bond motifs is 9. The molecule has 1 aliphatic heterocycles. The van der Waals surface area contributed by atoms with Crippen molar-refractivity contribution in [1.29, 1.82) is 0 Å². The zero-order chi connectivity index (χ0) is 38.2. The number of rotatable bonds is 5. The molecule has 3 heteroatoms. The fourth-order valence-electron chi connectivity index (χ4n) is 9.31. The topological polar surface area (TPSA) is 19.1 Å². The number of benzene rings is 9. The summed E-state index contributed by atoms with van der Waals surface area (Å²) in [6.07, 6.45) is 0. The summed E-state index contributed by atoms with van der Waals surface area (Å²) in [5, 5.41) is 4.95. The van der Waals surface area contributed by atoms with Gasteiger partial charge in [-0.1, -0.05) is 140 Å². The van der Waals surface area contributed by atoms with Gasteiger partial charge in [-0.3, -0.25) is 0 Å². The highest BCUT2D eigenvalue weighted by molar-refractivity contribution is 6.13. The van der Waals surface area contributed by atoms with E-state index < -0.39 is 0 Å². The number of hydrogen-bond donors (Lipinski definition) is 0. The van der Waals surface area contributed by atoms with Crippen LogP contribution >= 0.6 is 0 Å². The number of nitrogens with zero attached hydrogens (tertiary/aromatic N) is 2. The Morgan fingerprint density at radius 3 is 1.72 bits per heavy atom. The van der Waals surface area contributed by atoms with Crippen molar-refractivity contribution in [2.75, 3.05) is 0 Å². The van der Waals surface area contributed by atoms with Crippen molar-refractivity contribution in [2.24, 2.45) is 0 Å². The Balaban J connectivity index is 1.03. The van der Waals surface area contributed by atoms with E-state index in [9.17, 15) is 0 Å². The molecule has 3 nitrogen and oxygen atoms in total. The first-order valence-corrected chi connectivity index (χ1v) is 19.9. The van der Waals surface area contributed by atoms with E-state index in [0.717, 1.165) is 17.0 Å². The summed E-state index contributed by atoms with van der Waals surface area (Å²) < 4.78 is 11.0. The lowest BCUT2D eigenvalue weighted by Crippen LogP contribution is -2.08. The maximum atomic E-state index is 6.18. The van der Waals surface area contributed by atoms with Crippen LogP contribution in [0.2, 0.25) is 0 Å². The molecule has 9 aromatic carbocycles. The van der Waals surface area contributed by atoms with Crippen LogP contribution in [0.3, 0.4) is 0 Å². The Bertz CT molecular complexity index is 3390. The molecule has 58 heavy (non-hydrogen) atoms. The second-order valence-corrected chi connectivity index (χ2v) is 15.3. The average molecular weight is 741 g/mol. The van der Waals surface area contributed by atoms with Crippen molar-refractivity contribution in [2.45, 2.75) is 6.61 Å². The SMILES string of the molecule is c1ccc(-c2cccc(-c3ccc4c(c3)c3ccc(-c5ccc6c(c5)c5ccccc5n6-c5cccc6c5-c5ccccc5OC6)cc3n4-c3ccccc3)c2)cc1. The Hall–Kier alpha value is -7.62. The molecule has 0 aliphatic carbocycles. The fourth-order valence-corrected chi connectivity index (χ4v) is 9.31. The maximum absolute atomic E-state index is 6.18. The van der Waals surface area contributed by atoms with Crippen LogP contribution in [0, 0.1) is 0 Å². The van der Waals surface area contributed by atoms with Crippen LogP contribution in [0.1, 0.15) is 5.56 Å². The van der Waals surface area contributed by atoms with Crippen molar-refractivity contribution in [3.05, 3.63) is 212 Å². The van der Waals surface area contributed by atoms with Crippen LogP contribution in [0.15, 0.2) is 206 Å². The molecule has 1 aliphatic rings.